The van der Waals surface area contributed by atoms with Crippen molar-refractivity contribution in [3.8, 4) is 0 Å². The Morgan fingerprint density at radius 1 is 0.966 bits per heavy atom. The van der Waals surface area contributed by atoms with Crippen LogP contribution < -0.4 is 4.90 Å². The maximum atomic E-state index is 13.0. The fraction of sp³-hybridized carbons (Fsp3) is 0.435. The van der Waals surface area contributed by atoms with E-state index in [1.165, 1.54) is 5.56 Å². The van der Waals surface area contributed by atoms with E-state index in [1.807, 2.05) is 24.0 Å². The molecule has 156 valence electrons. The van der Waals surface area contributed by atoms with Gasteiger partial charge in [-0.1, -0.05) is 38.1 Å². The number of rotatable bonds is 6. The lowest BCUT2D eigenvalue weighted by Gasteiger charge is -2.37. The van der Waals surface area contributed by atoms with Gasteiger partial charge in [-0.2, -0.15) is 0 Å². The summed E-state index contributed by atoms with van der Waals surface area (Å²) >= 11 is -2.20. The maximum absolute atomic E-state index is 13.0. The highest BCUT2D eigenvalue weighted by Crippen LogP contribution is 2.23. The highest BCUT2D eigenvalue weighted by Gasteiger charge is 2.26. The molecule has 1 amide bonds. The number of amides is 1. The van der Waals surface area contributed by atoms with Crippen LogP contribution in [0.5, 0.6) is 0 Å². The van der Waals surface area contributed by atoms with Gasteiger partial charge in [-0.25, -0.2) is 0 Å². The summed E-state index contributed by atoms with van der Waals surface area (Å²) in [7, 11) is 0. The summed E-state index contributed by atoms with van der Waals surface area (Å²) in [6.45, 7) is 9.22. The predicted molar refractivity (Wildman–Crippen MR) is 116 cm³/mol. The van der Waals surface area contributed by atoms with Gasteiger partial charge in [0.2, 0.25) is 5.91 Å². The van der Waals surface area contributed by atoms with E-state index in [-0.39, 0.29) is 16.7 Å². The van der Waals surface area contributed by atoms with E-state index in [9.17, 15) is 13.6 Å². The Balaban J connectivity index is 1.57. The molecule has 0 aliphatic carbocycles. The molecule has 1 saturated heterocycles. The number of hydrogen-bond acceptors (Lipinski definition) is 4. The monoisotopic (exact) mass is 413 g/mol. The molecule has 2 aromatic carbocycles. The molecule has 0 bridgehead atoms. The third kappa shape index (κ3) is 5.46. The summed E-state index contributed by atoms with van der Waals surface area (Å²) in [5.41, 5.74) is 3.36. The molecule has 0 spiro atoms. The number of benzene rings is 2. The SMILES string of the molecule is CC(C)Cc1ccc([C@H](C)C(=O)N2CCN(c3ccc(S(=O)[O-])cc3)CC2)cc1. The Morgan fingerprint density at radius 2 is 1.55 bits per heavy atom. The van der Waals surface area contributed by atoms with Crippen LogP contribution in [0.1, 0.15) is 37.8 Å². The van der Waals surface area contributed by atoms with Crippen LogP contribution in [0.3, 0.4) is 0 Å². The van der Waals surface area contributed by atoms with Crippen LogP contribution in [0.4, 0.5) is 5.69 Å². The van der Waals surface area contributed by atoms with E-state index in [0.717, 1.165) is 30.8 Å². The number of nitrogens with zero attached hydrogens (tertiary/aromatic N) is 2. The summed E-state index contributed by atoms with van der Waals surface area (Å²) in [6, 6.07) is 15.3. The Labute approximate surface area is 176 Å². The van der Waals surface area contributed by atoms with E-state index < -0.39 is 11.1 Å². The van der Waals surface area contributed by atoms with Crippen molar-refractivity contribution >= 4 is 22.7 Å². The second-order valence-electron chi connectivity index (χ2n) is 8.10. The van der Waals surface area contributed by atoms with Gasteiger partial charge in [-0.05, 0) is 65.7 Å². The number of hydrogen-bond donors (Lipinski definition) is 0. The molecule has 0 aromatic heterocycles. The van der Waals surface area contributed by atoms with Gasteiger partial charge < -0.3 is 14.4 Å². The van der Waals surface area contributed by atoms with Gasteiger partial charge >= 0.3 is 0 Å². The first-order valence-electron chi connectivity index (χ1n) is 10.2. The van der Waals surface area contributed by atoms with Crippen LogP contribution in [0, 0.1) is 5.92 Å². The van der Waals surface area contributed by atoms with Crippen LogP contribution in [-0.2, 0) is 22.3 Å². The van der Waals surface area contributed by atoms with Crippen molar-refractivity contribution in [2.45, 2.75) is 38.0 Å². The van der Waals surface area contributed by atoms with Gasteiger partial charge in [0.15, 0.2) is 0 Å². The van der Waals surface area contributed by atoms with E-state index in [0.29, 0.717) is 19.0 Å². The van der Waals surface area contributed by atoms with Crippen molar-refractivity contribution in [3.63, 3.8) is 0 Å². The standard InChI is InChI=1S/C23H30N2O3S/c1-17(2)16-19-4-6-20(7-5-19)18(3)23(26)25-14-12-24(13-15-25)21-8-10-22(11-9-21)29(27)28/h4-11,17-18H,12-16H2,1-3H3,(H,27,28)/p-1/t18-/m0/s1. The van der Waals surface area contributed by atoms with Crippen molar-refractivity contribution in [1.82, 2.24) is 4.90 Å². The normalized spacial score (nSPS) is 16.7. The molecular weight excluding hydrogens is 384 g/mol. The topological polar surface area (TPSA) is 63.7 Å². The summed E-state index contributed by atoms with van der Waals surface area (Å²) in [4.78, 5) is 17.4. The molecule has 0 radical (unpaired) electrons. The first-order valence-corrected chi connectivity index (χ1v) is 11.2. The fourth-order valence-electron chi connectivity index (χ4n) is 3.78. The maximum Gasteiger partial charge on any atom is 0.229 e. The average Bonchev–Trinajstić information content (AvgIpc) is 2.73. The van der Waals surface area contributed by atoms with E-state index in [2.05, 4.69) is 43.0 Å². The Bertz CT molecular complexity index is 841. The van der Waals surface area contributed by atoms with Crippen LogP contribution in [0.2, 0.25) is 0 Å². The molecule has 2 aromatic rings. The number of piperazine rings is 1. The van der Waals surface area contributed by atoms with Crippen LogP contribution >= 0.6 is 0 Å². The largest absolute Gasteiger partial charge is 0.768 e. The highest BCUT2D eigenvalue weighted by molar-refractivity contribution is 7.79. The molecule has 1 fully saturated rings. The lowest BCUT2D eigenvalue weighted by molar-refractivity contribution is -0.132. The Morgan fingerprint density at radius 3 is 2.07 bits per heavy atom. The molecule has 5 nitrogen and oxygen atoms in total. The van der Waals surface area contributed by atoms with E-state index >= 15 is 0 Å². The first kappa shape index (κ1) is 21.5. The third-order valence-corrected chi connectivity index (χ3v) is 6.14. The number of anilines is 1. The van der Waals surface area contributed by atoms with Crippen LogP contribution in [0.15, 0.2) is 53.4 Å². The van der Waals surface area contributed by atoms with Crippen molar-refractivity contribution in [2.75, 3.05) is 31.1 Å². The highest BCUT2D eigenvalue weighted by atomic mass is 32.2. The molecule has 2 atom stereocenters. The number of carbonyl (C=O) groups is 1. The summed E-state index contributed by atoms with van der Waals surface area (Å²) in [6.07, 6.45) is 1.05. The second kappa shape index (κ2) is 9.55. The molecule has 1 unspecified atom stereocenters. The van der Waals surface area contributed by atoms with E-state index in [1.54, 1.807) is 12.1 Å². The molecule has 1 heterocycles. The summed E-state index contributed by atoms with van der Waals surface area (Å²) < 4.78 is 22.0. The van der Waals surface area contributed by atoms with Gasteiger partial charge in [0.1, 0.15) is 0 Å². The first-order chi connectivity index (χ1) is 13.8. The minimum Gasteiger partial charge on any atom is -0.768 e. The van der Waals surface area contributed by atoms with Gasteiger partial charge in [0, 0.05) is 36.8 Å². The molecule has 0 saturated carbocycles. The van der Waals surface area contributed by atoms with Crippen molar-refractivity contribution in [3.05, 3.63) is 59.7 Å². The zero-order valence-corrected chi connectivity index (χ0v) is 18.2. The minimum atomic E-state index is -2.20. The number of carbonyl (C=O) groups excluding carboxylic acids is 1. The average molecular weight is 414 g/mol. The van der Waals surface area contributed by atoms with Crippen molar-refractivity contribution < 1.29 is 13.6 Å². The van der Waals surface area contributed by atoms with Gasteiger partial charge in [0.05, 0.1) is 5.92 Å². The van der Waals surface area contributed by atoms with Gasteiger partial charge in [-0.15, -0.1) is 0 Å². The molecule has 3 rings (SSSR count). The van der Waals surface area contributed by atoms with Crippen LogP contribution in [0.25, 0.3) is 0 Å². The smallest absolute Gasteiger partial charge is 0.229 e. The predicted octanol–water partition coefficient (Wildman–Crippen LogP) is 3.58. The molecule has 6 heteroatoms. The van der Waals surface area contributed by atoms with Gasteiger partial charge in [-0.3, -0.25) is 9.00 Å². The molecule has 1 aliphatic heterocycles. The Kier molecular flexibility index (Phi) is 7.09. The lowest BCUT2D eigenvalue weighted by Crippen LogP contribution is -2.49. The fourth-order valence-corrected chi connectivity index (χ4v) is 4.14. The minimum absolute atomic E-state index is 0.152. The molecule has 29 heavy (non-hydrogen) atoms. The molecule has 1 aliphatic rings. The van der Waals surface area contributed by atoms with E-state index in [4.69, 9.17) is 0 Å². The molecule has 0 N–H and O–H groups in total. The zero-order chi connectivity index (χ0) is 21.0. The second-order valence-corrected chi connectivity index (χ2v) is 9.04. The summed E-state index contributed by atoms with van der Waals surface area (Å²) in [5.74, 6) is 0.634. The third-order valence-electron chi connectivity index (χ3n) is 5.48. The van der Waals surface area contributed by atoms with Crippen LogP contribution in [-0.4, -0.2) is 45.7 Å². The zero-order valence-electron chi connectivity index (χ0n) is 17.3. The van der Waals surface area contributed by atoms with Crippen molar-refractivity contribution in [2.24, 2.45) is 5.92 Å². The quantitative estimate of drug-likeness (QED) is 0.679. The molecular formula is C23H29N2O3S-. The summed E-state index contributed by atoms with van der Waals surface area (Å²) in [5, 5.41) is 0. The van der Waals surface area contributed by atoms with Gasteiger partial charge in [0.25, 0.3) is 0 Å². The van der Waals surface area contributed by atoms with Crippen molar-refractivity contribution in [1.29, 1.82) is 0 Å². The lowest BCUT2D eigenvalue weighted by atomic mass is 9.95. The Hall–Kier alpha value is -2.18.